The molecule has 144 valence electrons. The van der Waals surface area contributed by atoms with Crippen molar-refractivity contribution >= 4 is 23.5 Å². The SMILES string of the molecule is CC(=O)c1c(C)cc(C)c(CSC(C)C(=O)NCCc2ccccc2)c1C. The molecule has 2 aromatic carbocycles. The predicted octanol–water partition coefficient (Wildman–Crippen LogP) is 4.80. The van der Waals surface area contributed by atoms with E-state index in [0.29, 0.717) is 6.54 Å². The topological polar surface area (TPSA) is 46.2 Å². The zero-order valence-corrected chi connectivity index (χ0v) is 17.7. The van der Waals surface area contributed by atoms with Gasteiger partial charge in [-0.05, 0) is 68.9 Å². The molecule has 0 heterocycles. The van der Waals surface area contributed by atoms with E-state index in [1.54, 1.807) is 18.7 Å². The first-order valence-electron chi connectivity index (χ1n) is 9.35. The zero-order chi connectivity index (χ0) is 20.0. The minimum atomic E-state index is -0.137. The summed E-state index contributed by atoms with van der Waals surface area (Å²) in [5.74, 6) is 0.888. The minimum absolute atomic E-state index is 0.0603. The standard InChI is InChI=1S/C23H29NO2S/c1-15-13-16(2)22(18(4)25)17(3)21(15)14-27-19(5)23(26)24-12-11-20-9-7-6-8-10-20/h6-10,13,19H,11-12,14H2,1-5H3,(H,24,26). The molecule has 0 aliphatic carbocycles. The van der Waals surface area contributed by atoms with Crippen LogP contribution < -0.4 is 5.32 Å². The van der Waals surface area contributed by atoms with Crippen LogP contribution in [0.15, 0.2) is 36.4 Å². The number of Topliss-reactive ketones (excluding diaryl/α,β-unsaturated/α-hetero) is 1. The number of rotatable bonds is 8. The van der Waals surface area contributed by atoms with Crippen molar-refractivity contribution < 1.29 is 9.59 Å². The summed E-state index contributed by atoms with van der Waals surface area (Å²) in [5, 5.41) is 2.88. The van der Waals surface area contributed by atoms with Gasteiger partial charge in [-0.25, -0.2) is 0 Å². The molecule has 1 amide bonds. The summed E-state index contributed by atoms with van der Waals surface area (Å²) in [4.78, 5) is 24.3. The van der Waals surface area contributed by atoms with Gasteiger partial charge in [-0.2, -0.15) is 0 Å². The van der Waals surface area contributed by atoms with Crippen LogP contribution in [0.2, 0.25) is 0 Å². The largest absolute Gasteiger partial charge is 0.355 e. The molecular formula is C23H29NO2S. The molecule has 0 bridgehead atoms. The molecule has 4 heteroatoms. The number of thioether (sulfide) groups is 1. The Bertz CT molecular complexity index is 815. The Balaban J connectivity index is 1.93. The van der Waals surface area contributed by atoms with Crippen molar-refractivity contribution in [3.05, 3.63) is 69.8 Å². The summed E-state index contributed by atoms with van der Waals surface area (Å²) in [5.41, 5.74) is 6.46. The number of hydrogen-bond donors (Lipinski definition) is 1. The first-order chi connectivity index (χ1) is 12.8. The van der Waals surface area contributed by atoms with E-state index in [1.807, 2.05) is 39.0 Å². The van der Waals surface area contributed by atoms with Gasteiger partial charge in [0.05, 0.1) is 5.25 Å². The Labute approximate surface area is 166 Å². The van der Waals surface area contributed by atoms with Gasteiger partial charge in [-0.15, -0.1) is 11.8 Å². The molecule has 2 aromatic rings. The van der Waals surface area contributed by atoms with Gasteiger partial charge in [-0.3, -0.25) is 9.59 Å². The van der Waals surface area contributed by atoms with Crippen molar-refractivity contribution in [1.82, 2.24) is 5.32 Å². The average Bonchev–Trinajstić information content (AvgIpc) is 2.61. The van der Waals surface area contributed by atoms with Crippen LogP contribution in [-0.4, -0.2) is 23.5 Å². The second-order valence-electron chi connectivity index (χ2n) is 7.02. The molecule has 0 fully saturated rings. The Morgan fingerprint density at radius 3 is 2.37 bits per heavy atom. The van der Waals surface area contributed by atoms with Gasteiger partial charge < -0.3 is 5.32 Å². The Morgan fingerprint density at radius 2 is 1.74 bits per heavy atom. The normalized spacial score (nSPS) is 11.9. The van der Waals surface area contributed by atoms with Gasteiger partial charge in [0.2, 0.25) is 5.91 Å². The van der Waals surface area contributed by atoms with E-state index in [-0.39, 0.29) is 16.9 Å². The van der Waals surface area contributed by atoms with Crippen LogP contribution in [0.1, 0.15) is 52.0 Å². The molecule has 0 radical (unpaired) electrons. The summed E-state index contributed by atoms with van der Waals surface area (Å²) < 4.78 is 0. The second-order valence-corrected chi connectivity index (χ2v) is 8.35. The van der Waals surface area contributed by atoms with Crippen molar-refractivity contribution in [2.45, 2.75) is 52.0 Å². The lowest BCUT2D eigenvalue weighted by Gasteiger charge is -2.17. The maximum Gasteiger partial charge on any atom is 0.232 e. The molecule has 0 spiro atoms. The molecule has 0 saturated heterocycles. The third-order valence-electron chi connectivity index (χ3n) is 4.89. The molecular weight excluding hydrogens is 354 g/mol. The first kappa shape index (κ1) is 21.2. The number of aryl methyl sites for hydroxylation is 2. The van der Waals surface area contributed by atoms with Gasteiger partial charge in [0.15, 0.2) is 5.78 Å². The van der Waals surface area contributed by atoms with E-state index in [0.717, 1.165) is 28.9 Å². The predicted molar refractivity (Wildman–Crippen MR) is 115 cm³/mol. The number of benzene rings is 2. The smallest absolute Gasteiger partial charge is 0.232 e. The highest BCUT2D eigenvalue weighted by Crippen LogP contribution is 2.28. The van der Waals surface area contributed by atoms with Crippen molar-refractivity contribution in [3.63, 3.8) is 0 Å². The highest BCUT2D eigenvalue weighted by atomic mass is 32.2. The van der Waals surface area contributed by atoms with Gasteiger partial charge in [0, 0.05) is 17.9 Å². The lowest BCUT2D eigenvalue weighted by Crippen LogP contribution is -2.32. The number of ketones is 1. The van der Waals surface area contributed by atoms with E-state index in [1.165, 1.54) is 16.7 Å². The summed E-state index contributed by atoms with van der Waals surface area (Å²) >= 11 is 1.62. The molecule has 0 saturated carbocycles. The maximum atomic E-state index is 12.4. The van der Waals surface area contributed by atoms with E-state index >= 15 is 0 Å². The van der Waals surface area contributed by atoms with Crippen LogP contribution >= 0.6 is 11.8 Å². The van der Waals surface area contributed by atoms with Crippen LogP contribution in [-0.2, 0) is 17.0 Å². The number of nitrogens with one attached hydrogen (secondary N) is 1. The highest BCUT2D eigenvalue weighted by molar-refractivity contribution is 7.99. The fourth-order valence-electron chi connectivity index (χ4n) is 3.39. The highest BCUT2D eigenvalue weighted by Gasteiger charge is 2.17. The number of amides is 1. The minimum Gasteiger partial charge on any atom is -0.355 e. The Hall–Kier alpha value is -2.07. The van der Waals surface area contributed by atoms with Crippen molar-refractivity contribution in [1.29, 1.82) is 0 Å². The fraction of sp³-hybridized carbons (Fsp3) is 0.391. The third-order valence-corrected chi connectivity index (χ3v) is 6.06. The molecule has 0 aliphatic rings. The molecule has 1 unspecified atom stereocenters. The van der Waals surface area contributed by atoms with E-state index < -0.39 is 0 Å². The van der Waals surface area contributed by atoms with Crippen LogP contribution in [0.4, 0.5) is 0 Å². The number of carbonyl (C=O) groups excluding carboxylic acids is 2. The molecule has 3 nitrogen and oxygen atoms in total. The Morgan fingerprint density at radius 1 is 1.07 bits per heavy atom. The summed E-state index contributed by atoms with van der Waals surface area (Å²) in [7, 11) is 0. The molecule has 0 aliphatic heterocycles. The van der Waals surface area contributed by atoms with Crippen LogP contribution in [0.5, 0.6) is 0 Å². The molecule has 1 atom stereocenters. The monoisotopic (exact) mass is 383 g/mol. The van der Waals surface area contributed by atoms with E-state index in [9.17, 15) is 9.59 Å². The number of hydrogen-bond acceptors (Lipinski definition) is 3. The summed E-state index contributed by atoms with van der Waals surface area (Å²) in [6.45, 7) is 10.3. The maximum absolute atomic E-state index is 12.4. The molecule has 27 heavy (non-hydrogen) atoms. The summed E-state index contributed by atoms with van der Waals surface area (Å²) in [6, 6.07) is 12.2. The molecule has 2 rings (SSSR count). The first-order valence-corrected chi connectivity index (χ1v) is 10.4. The number of carbonyl (C=O) groups is 2. The van der Waals surface area contributed by atoms with Gasteiger partial charge in [-0.1, -0.05) is 36.4 Å². The summed E-state index contributed by atoms with van der Waals surface area (Å²) in [6.07, 6.45) is 0.835. The van der Waals surface area contributed by atoms with E-state index in [4.69, 9.17) is 0 Å². The van der Waals surface area contributed by atoms with E-state index in [2.05, 4.69) is 30.4 Å². The third kappa shape index (κ3) is 5.70. The van der Waals surface area contributed by atoms with Gasteiger partial charge in [0.25, 0.3) is 0 Å². The molecule has 0 aromatic heterocycles. The van der Waals surface area contributed by atoms with Gasteiger partial charge in [0.1, 0.15) is 0 Å². The van der Waals surface area contributed by atoms with Gasteiger partial charge >= 0.3 is 0 Å². The lowest BCUT2D eigenvalue weighted by atomic mass is 9.92. The quantitative estimate of drug-likeness (QED) is 0.666. The zero-order valence-electron chi connectivity index (χ0n) is 16.9. The van der Waals surface area contributed by atoms with Crippen molar-refractivity contribution in [2.24, 2.45) is 0 Å². The van der Waals surface area contributed by atoms with Crippen molar-refractivity contribution in [2.75, 3.05) is 6.54 Å². The Kier molecular flexibility index (Phi) is 7.66. The van der Waals surface area contributed by atoms with Crippen LogP contribution in [0, 0.1) is 20.8 Å². The van der Waals surface area contributed by atoms with Crippen molar-refractivity contribution in [3.8, 4) is 0 Å². The van der Waals surface area contributed by atoms with Crippen LogP contribution in [0.25, 0.3) is 0 Å². The second kappa shape index (κ2) is 9.75. The molecule has 1 N–H and O–H groups in total. The van der Waals surface area contributed by atoms with Crippen LogP contribution in [0.3, 0.4) is 0 Å². The lowest BCUT2D eigenvalue weighted by molar-refractivity contribution is -0.120. The average molecular weight is 384 g/mol. The fourth-order valence-corrected chi connectivity index (χ4v) is 4.49.